The smallest absolute Gasteiger partial charge is 0.252 e. The molecule has 0 radical (unpaired) electrons. The lowest BCUT2D eigenvalue weighted by atomic mass is 9.98. The van der Waals surface area contributed by atoms with Crippen molar-refractivity contribution in [1.29, 1.82) is 0 Å². The molecule has 2 atom stereocenters. The first-order valence-corrected chi connectivity index (χ1v) is 13.3. The molecule has 0 aliphatic carbocycles. The van der Waals surface area contributed by atoms with E-state index in [0.29, 0.717) is 23.7 Å². The molecular weight excluding hydrogens is 430 g/mol. The highest BCUT2D eigenvalue weighted by Crippen LogP contribution is 2.29. The summed E-state index contributed by atoms with van der Waals surface area (Å²) in [5.74, 6) is -0.345. The Morgan fingerprint density at radius 2 is 1.84 bits per heavy atom. The number of likely N-dealkylation sites (tertiary alicyclic amines) is 1. The van der Waals surface area contributed by atoms with Gasteiger partial charge in [-0.1, -0.05) is 30.3 Å². The standard InChI is InChI=1S/C23H31N3O3S2/c1-18-11-12-22(30-18)31(28,29)26-15-7-10-20(17-26)23(27)24-16-21(25-13-5-6-14-25)19-8-3-2-4-9-19/h2-4,8-9,11-12,20-21H,5-7,10,13-17H2,1H3,(H,24,27). The molecule has 2 aliphatic heterocycles. The van der Waals surface area contributed by atoms with Crippen molar-refractivity contribution in [3.63, 3.8) is 0 Å². The fourth-order valence-electron chi connectivity index (χ4n) is 4.58. The number of carbonyl (C=O) groups is 1. The normalized spacial score (nSPS) is 21.8. The van der Waals surface area contributed by atoms with E-state index >= 15 is 0 Å². The van der Waals surface area contributed by atoms with Crippen LogP contribution in [0.2, 0.25) is 0 Å². The van der Waals surface area contributed by atoms with E-state index < -0.39 is 10.0 Å². The molecule has 0 bridgehead atoms. The number of hydrogen-bond donors (Lipinski definition) is 1. The zero-order chi connectivity index (χ0) is 21.8. The number of benzene rings is 1. The molecule has 3 heterocycles. The van der Waals surface area contributed by atoms with Crippen molar-refractivity contribution in [2.24, 2.45) is 5.92 Å². The Morgan fingerprint density at radius 3 is 2.52 bits per heavy atom. The molecule has 6 nitrogen and oxygen atoms in total. The number of piperidine rings is 1. The van der Waals surface area contributed by atoms with Crippen LogP contribution in [0.4, 0.5) is 0 Å². The largest absolute Gasteiger partial charge is 0.354 e. The number of rotatable bonds is 7. The lowest BCUT2D eigenvalue weighted by molar-refractivity contribution is -0.126. The number of sulfonamides is 1. The van der Waals surface area contributed by atoms with Crippen molar-refractivity contribution >= 4 is 27.3 Å². The third-order valence-electron chi connectivity index (χ3n) is 6.30. The second-order valence-corrected chi connectivity index (χ2v) is 11.9. The first-order chi connectivity index (χ1) is 14.9. The fourth-order valence-corrected chi connectivity index (χ4v) is 7.54. The molecule has 8 heteroatoms. The van der Waals surface area contributed by atoms with Gasteiger partial charge in [0, 0.05) is 24.5 Å². The summed E-state index contributed by atoms with van der Waals surface area (Å²) in [5.41, 5.74) is 1.21. The van der Waals surface area contributed by atoms with Crippen molar-refractivity contribution < 1.29 is 13.2 Å². The number of nitrogens with one attached hydrogen (secondary N) is 1. The van der Waals surface area contributed by atoms with Gasteiger partial charge in [0.15, 0.2) is 0 Å². The van der Waals surface area contributed by atoms with Crippen LogP contribution in [0.5, 0.6) is 0 Å². The minimum absolute atomic E-state index is 0.0395. The highest BCUT2D eigenvalue weighted by Gasteiger charge is 2.34. The summed E-state index contributed by atoms with van der Waals surface area (Å²) >= 11 is 1.29. The van der Waals surface area contributed by atoms with Crippen molar-refractivity contribution in [1.82, 2.24) is 14.5 Å². The summed E-state index contributed by atoms with van der Waals surface area (Å²) in [6.07, 6.45) is 3.81. The second-order valence-electron chi connectivity index (χ2n) is 8.48. The van der Waals surface area contributed by atoms with Crippen LogP contribution in [0.15, 0.2) is 46.7 Å². The maximum atomic E-state index is 13.0. The molecule has 1 amide bonds. The topological polar surface area (TPSA) is 69.7 Å². The average Bonchev–Trinajstić information content (AvgIpc) is 3.47. The highest BCUT2D eigenvalue weighted by molar-refractivity contribution is 7.91. The van der Waals surface area contributed by atoms with E-state index in [1.165, 1.54) is 34.0 Å². The predicted octanol–water partition coefficient (Wildman–Crippen LogP) is 3.41. The lowest BCUT2D eigenvalue weighted by Gasteiger charge is -2.32. The van der Waals surface area contributed by atoms with Gasteiger partial charge in [-0.15, -0.1) is 11.3 Å². The first-order valence-electron chi connectivity index (χ1n) is 11.1. The van der Waals surface area contributed by atoms with Crippen LogP contribution >= 0.6 is 11.3 Å². The molecule has 2 unspecified atom stereocenters. The quantitative estimate of drug-likeness (QED) is 0.686. The molecule has 1 aromatic heterocycles. The summed E-state index contributed by atoms with van der Waals surface area (Å²) in [6.45, 7) is 5.28. The molecule has 0 saturated carbocycles. The molecule has 4 rings (SSSR count). The number of thiophene rings is 1. The first kappa shape index (κ1) is 22.5. The molecule has 2 fully saturated rings. The lowest BCUT2D eigenvalue weighted by Crippen LogP contribution is -2.46. The zero-order valence-electron chi connectivity index (χ0n) is 18.0. The van der Waals surface area contributed by atoms with E-state index in [0.717, 1.165) is 24.4 Å². The van der Waals surface area contributed by atoms with E-state index in [-0.39, 0.29) is 24.4 Å². The SMILES string of the molecule is Cc1ccc(S(=O)(=O)N2CCCC(C(=O)NCC(c3ccccc3)N3CCCC3)C2)s1. The Hall–Kier alpha value is -1.74. The summed E-state index contributed by atoms with van der Waals surface area (Å²) in [4.78, 5) is 16.4. The Bertz CT molecular complexity index is 985. The number of hydrogen-bond acceptors (Lipinski definition) is 5. The van der Waals surface area contributed by atoms with Crippen LogP contribution in [-0.4, -0.2) is 56.3 Å². The van der Waals surface area contributed by atoms with Crippen LogP contribution in [0.1, 0.15) is 42.2 Å². The number of aryl methyl sites for hydroxylation is 1. The molecule has 2 saturated heterocycles. The van der Waals surface area contributed by atoms with Crippen LogP contribution in [0.25, 0.3) is 0 Å². The van der Waals surface area contributed by atoms with Gasteiger partial charge in [-0.25, -0.2) is 8.42 Å². The molecule has 168 valence electrons. The Labute approximate surface area is 189 Å². The molecule has 0 spiro atoms. The average molecular weight is 462 g/mol. The van der Waals surface area contributed by atoms with Gasteiger partial charge in [-0.2, -0.15) is 4.31 Å². The van der Waals surface area contributed by atoms with Crippen molar-refractivity contribution in [3.05, 3.63) is 52.9 Å². The Balaban J connectivity index is 1.40. The fraction of sp³-hybridized carbons (Fsp3) is 0.522. The van der Waals surface area contributed by atoms with E-state index in [1.807, 2.05) is 31.2 Å². The minimum atomic E-state index is -3.53. The second kappa shape index (κ2) is 9.81. The molecule has 1 aromatic carbocycles. The third kappa shape index (κ3) is 5.19. The van der Waals surface area contributed by atoms with Gasteiger partial charge in [0.25, 0.3) is 10.0 Å². The summed E-state index contributed by atoms with van der Waals surface area (Å²) < 4.78 is 27.8. The van der Waals surface area contributed by atoms with E-state index in [4.69, 9.17) is 0 Å². The van der Waals surface area contributed by atoms with Crippen molar-refractivity contribution in [2.75, 3.05) is 32.7 Å². The van der Waals surface area contributed by atoms with Crippen molar-refractivity contribution in [3.8, 4) is 0 Å². The van der Waals surface area contributed by atoms with Gasteiger partial charge in [0.1, 0.15) is 4.21 Å². The number of nitrogens with zero attached hydrogens (tertiary/aromatic N) is 2. The maximum Gasteiger partial charge on any atom is 0.252 e. The van der Waals surface area contributed by atoms with Gasteiger partial charge >= 0.3 is 0 Å². The van der Waals surface area contributed by atoms with Gasteiger partial charge < -0.3 is 5.32 Å². The summed E-state index contributed by atoms with van der Waals surface area (Å²) in [7, 11) is -3.53. The van der Waals surface area contributed by atoms with Crippen LogP contribution in [0, 0.1) is 12.8 Å². The van der Waals surface area contributed by atoms with Crippen LogP contribution in [0.3, 0.4) is 0 Å². The predicted molar refractivity (Wildman–Crippen MR) is 124 cm³/mol. The number of amides is 1. The molecule has 2 aliphatic rings. The van der Waals surface area contributed by atoms with Gasteiger partial charge in [0.2, 0.25) is 5.91 Å². The summed E-state index contributed by atoms with van der Waals surface area (Å²) in [6, 6.07) is 14.0. The molecular formula is C23H31N3O3S2. The van der Waals surface area contributed by atoms with Crippen LogP contribution < -0.4 is 5.32 Å². The van der Waals surface area contributed by atoms with E-state index in [1.54, 1.807) is 6.07 Å². The van der Waals surface area contributed by atoms with Crippen LogP contribution in [-0.2, 0) is 14.8 Å². The molecule has 1 N–H and O–H groups in total. The van der Waals surface area contributed by atoms with E-state index in [9.17, 15) is 13.2 Å². The van der Waals surface area contributed by atoms with E-state index in [2.05, 4.69) is 22.3 Å². The monoisotopic (exact) mass is 461 g/mol. The highest BCUT2D eigenvalue weighted by atomic mass is 32.2. The Kier molecular flexibility index (Phi) is 7.11. The van der Waals surface area contributed by atoms with Gasteiger partial charge in [-0.05, 0) is 63.4 Å². The van der Waals surface area contributed by atoms with Gasteiger partial charge in [-0.3, -0.25) is 9.69 Å². The van der Waals surface area contributed by atoms with Crippen molar-refractivity contribution in [2.45, 2.75) is 42.9 Å². The Morgan fingerprint density at radius 1 is 1.10 bits per heavy atom. The third-order valence-corrected chi connectivity index (χ3v) is 9.63. The molecule has 31 heavy (non-hydrogen) atoms. The number of carbonyl (C=O) groups excluding carboxylic acids is 1. The summed E-state index contributed by atoms with van der Waals surface area (Å²) in [5, 5.41) is 3.14. The minimum Gasteiger partial charge on any atom is -0.354 e. The zero-order valence-corrected chi connectivity index (χ0v) is 19.6. The maximum absolute atomic E-state index is 13.0. The molecule has 2 aromatic rings. The van der Waals surface area contributed by atoms with Gasteiger partial charge in [0.05, 0.1) is 12.0 Å².